The summed E-state index contributed by atoms with van der Waals surface area (Å²) in [6.07, 6.45) is -0.0828. The fraction of sp³-hybridized carbons (Fsp3) is 0.278. The van der Waals surface area contributed by atoms with Crippen molar-refractivity contribution in [2.24, 2.45) is 0 Å². The molecule has 0 N–H and O–H groups in total. The normalized spacial score (nSPS) is 17.0. The highest BCUT2D eigenvalue weighted by Crippen LogP contribution is 2.40. The first-order chi connectivity index (χ1) is 12.0. The molecule has 1 aliphatic rings. The van der Waals surface area contributed by atoms with Gasteiger partial charge in [0.05, 0.1) is 18.0 Å². The average Bonchev–Trinajstić information content (AvgIpc) is 3.07. The van der Waals surface area contributed by atoms with E-state index in [9.17, 15) is 13.6 Å². The van der Waals surface area contributed by atoms with Crippen LogP contribution in [0.1, 0.15) is 16.5 Å². The van der Waals surface area contributed by atoms with E-state index in [0.29, 0.717) is 6.54 Å². The Morgan fingerprint density at radius 2 is 2.12 bits per heavy atom. The van der Waals surface area contributed by atoms with Crippen LogP contribution in [-0.2, 0) is 11.2 Å². The molecule has 1 heterocycles. The number of halogens is 3. The Bertz CT molecular complexity index is 803. The molecule has 1 saturated heterocycles. The van der Waals surface area contributed by atoms with Crippen LogP contribution in [0.4, 0.5) is 8.78 Å². The van der Waals surface area contributed by atoms with E-state index < -0.39 is 11.6 Å². The summed E-state index contributed by atoms with van der Waals surface area (Å²) in [5, 5.41) is -0.127. The number of carbonyl (C=O) groups is 1. The van der Waals surface area contributed by atoms with Gasteiger partial charge in [0.1, 0.15) is 22.8 Å². The SMILES string of the molecule is COc1ccc(C2SCCN2C(=O)Cc2ccc(F)cc2F)cc1Br. The van der Waals surface area contributed by atoms with Gasteiger partial charge in [-0.3, -0.25) is 4.79 Å². The molecule has 25 heavy (non-hydrogen) atoms. The van der Waals surface area contributed by atoms with Crippen LogP contribution < -0.4 is 4.74 Å². The molecule has 0 aromatic heterocycles. The molecule has 2 aromatic rings. The molecule has 132 valence electrons. The number of amides is 1. The Hall–Kier alpha value is -1.60. The summed E-state index contributed by atoms with van der Waals surface area (Å²) < 4.78 is 32.9. The van der Waals surface area contributed by atoms with Gasteiger partial charge in [0, 0.05) is 18.4 Å². The van der Waals surface area contributed by atoms with Gasteiger partial charge in [-0.15, -0.1) is 11.8 Å². The summed E-state index contributed by atoms with van der Waals surface area (Å²) in [6, 6.07) is 9.00. The Balaban J connectivity index is 1.78. The van der Waals surface area contributed by atoms with Crippen molar-refractivity contribution >= 4 is 33.6 Å². The van der Waals surface area contributed by atoms with Crippen molar-refractivity contribution in [3.63, 3.8) is 0 Å². The second kappa shape index (κ2) is 7.74. The molecule has 1 aliphatic heterocycles. The van der Waals surface area contributed by atoms with Crippen molar-refractivity contribution in [3.05, 3.63) is 63.6 Å². The summed E-state index contributed by atoms with van der Waals surface area (Å²) in [7, 11) is 1.59. The van der Waals surface area contributed by atoms with E-state index in [1.807, 2.05) is 18.2 Å². The molecule has 0 saturated carbocycles. The topological polar surface area (TPSA) is 29.5 Å². The Labute approximate surface area is 157 Å². The standard InChI is InChI=1S/C18H16BrF2NO2S/c1-24-16-5-3-12(8-14(16)19)18-22(6-7-25-18)17(23)9-11-2-4-13(20)10-15(11)21/h2-5,8,10,18H,6-7,9H2,1H3. The van der Waals surface area contributed by atoms with Crippen LogP contribution in [0.3, 0.4) is 0 Å². The van der Waals surface area contributed by atoms with Crippen LogP contribution >= 0.6 is 27.7 Å². The van der Waals surface area contributed by atoms with Crippen LogP contribution in [0.15, 0.2) is 40.9 Å². The van der Waals surface area contributed by atoms with Crippen molar-refractivity contribution in [1.29, 1.82) is 0 Å². The van der Waals surface area contributed by atoms with E-state index in [0.717, 1.165) is 27.6 Å². The van der Waals surface area contributed by atoms with Gasteiger partial charge in [-0.1, -0.05) is 12.1 Å². The predicted octanol–water partition coefficient (Wildman–Crippen LogP) is 4.55. The molecule has 0 radical (unpaired) electrons. The zero-order chi connectivity index (χ0) is 18.0. The number of hydrogen-bond acceptors (Lipinski definition) is 3. The molecule has 1 fully saturated rings. The average molecular weight is 428 g/mol. The third-order valence-electron chi connectivity index (χ3n) is 4.03. The van der Waals surface area contributed by atoms with Gasteiger partial charge in [0.2, 0.25) is 5.91 Å². The number of ether oxygens (including phenoxy) is 1. The Morgan fingerprint density at radius 3 is 2.80 bits per heavy atom. The molecule has 3 rings (SSSR count). The second-order valence-electron chi connectivity index (χ2n) is 5.62. The van der Waals surface area contributed by atoms with E-state index in [-0.39, 0.29) is 23.3 Å². The Kier molecular flexibility index (Phi) is 5.64. The van der Waals surface area contributed by atoms with Crippen molar-refractivity contribution in [2.45, 2.75) is 11.8 Å². The maximum atomic E-state index is 13.8. The predicted molar refractivity (Wildman–Crippen MR) is 97.7 cm³/mol. The first-order valence-electron chi connectivity index (χ1n) is 7.68. The third-order valence-corrected chi connectivity index (χ3v) is 5.91. The molecule has 1 atom stereocenters. The van der Waals surface area contributed by atoms with Crippen LogP contribution in [0.5, 0.6) is 5.75 Å². The highest BCUT2D eigenvalue weighted by Gasteiger charge is 2.31. The molecule has 3 nitrogen and oxygen atoms in total. The lowest BCUT2D eigenvalue weighted by Crippen LogP contribution is -2.32. The van der Waals surface area contributed by atoms with Gasteiger partial charge in [-0.2, -0.15) is 0 Å². The number of hydrogen-bond donors (Lipinski definition) is 0. The number of rotatable bonds is 4. The van der Waals surface area contributed by atoms with Crippen LogP contribution in [-0.4, -0.2) is 30.2 Å². The zero-order valence-electron chi connectivity index (χ0n) is 13.5. The van der Waals surface area contributed by atoms with E-state index in [1.165, 1.54) is 12.1 Å². The minimum Gasteiger partial charge on any atom is -0.496 e. The van der Waals surface area contributed by atoms with Crippen molar-refractivity contribution in [2.75, 3.05) is 19.4 Å². The zero-order valence-corrected chi connectivity index (χ0v) is 15.9. The molecule has 0 spiro atoms. The first-order valence-corrected chi connectivity index (χ1v) is 9.52. The lowest BCUT2D eigenvalue weighted by atomic mass is 10.1. The van der Waals surface area contributed by atoms with Gasteiger partial charge in [0.15, 0.2) is 0 Å². The lowest BCUT2D eigenvalue weighted by molar-refractivity contribution is -0.130. The molecule has 0 aliphatic carbocycles. The Morgan fingerprint density at radius 1 is 1.32 bits per heavy atom. The number of methoxy groups -OCH3 is 1. The van der Waals surface area contributed by atoms with E-state index in [2.05, 4.69) is 15.9 Å². The largest absolute Gasteiger partial charge is 0.496 e. The van der Waals surface area contributed by atoms with Gasteiger partial charge in [-0.25, -0.2) is 8.78 Å². The monoisotopic (exact) mass is 427 g/mol. The quantitative estimate of drug-likeness (QED) is 0.716. The van der Waals surface area contributed by atoms with Gasteiger partial charge < -0.3 is 9.64 Å². The summed E-state index contributed by atoms with van der Waals surface area (Å²) in [6.45, 7) is 0.598. The molecule has 7 heteroatoms. The fourth-order valence-electron chi connectivity index (χ4n) is 2.77. The van der Waals surface area contributed by atoms with Crippen molar-refractivity contribution < 1.29 is 18.3 Å². The summed E-state index contributed by atoms with van der Waals surface area (Å²) in [5.41, 5.74) is 1.18. The van der Waals surface area contributed by atoms with Crippen LogP contribution in [0.2, 0.25) is 0 Å². The van der Waals surface area contributed by atoms with Crippen molar-refractivity contribution in [1.82, 2.24) is 4.90 Å². The number of nitrogens with zero attached hydrogens (tertiary/aromatic N) is 1. The van der Waals surface area contributed by atoms with Gasteiger partial charge in [-0.05, 0) is 45.3 Å². The molecule has 1 amide bonds. The summed E-state index contributed by atoms with van der Waals surface area (Å²) in [5.74, 6) is 0.0205. The number of benzene rings is 2. The summed E-state index contributed by atoms with van der Waals surface area (Å²) >= 11 is 5.12. The highest BCUT2D eigenvalue weighted by atomic mass is 79.9. The van der Waals surface area contributed by atoms with Gasteiger partial charge in [0.25, 0.3) is 0 Å². The molecule has 1 unspecified atom stereocenters. The van der Waals surface area contributed by atoms with E-state index in [1.54, 1.807) is 23.8 Å². The lowest BCUT2D eigenvalue weighted by Gasteiger charge is -2.24. The minimum absolute atomic E-state index is 0.0828. The number of carbonyl (C=O) groups excluding carboxylic acids is 1. The smallest absolute Gasteiger partial charge is 0.228 e. The maximum absolute atomic E-state index is 13.8. The van der Waals surface area contributed by atoms with Crippen LogP contribution in [0, 0.1) is 11.6 Å². The van der Waals surface area contributed by atoms with E-state index >= 15 is 0 Å². The highest BCUT2D eigenvalue weighted by molar-refractivity contribution is 9.10. The molecular formula is C18H16BrF2NO2S. The van der Waals surface area contributed by atoms with Crippen LogP contribution in [0.25, 0.3) is 0 Å². The fourth-order valence-corrected chi connectivity index (χ4v) is 4.59. The molecular weight excluding hydrogens is 412 g/mol. The first kappa shape index (κ1) is 18.2. The summed E-state index contributed by atoms with van der Waals surface area (Å²) in [4.78, 5) is 14.4. The van der Waals surface area contributed by atoms with Gasteiger partial charge >= 0.3 is 0 Å². The molecule has 0 bridgehead atoms. The molecule has 2 aromatic carbocycles. The minimum atomic E-state index is -0.691. The second-order valence-corrected chi connectivity index (χ2v) is 7.66. The maximum Gasteiger partial charge on any atom is 0.228 e. The third kappa shape index (κ3) is 3.98. The number of thioether (sulfide) groups is 1. The van der Waals surface area contributed by atoms with Crippen molar-refractivity contribution in [3.8, 4) is 5.75 Å². The van der Waals surface area contributed by atoms with E-state index in [4.69, 9.17) is 4.74 Å².